The number of nitrogens with zero attached hydrogens (tertiary/aromatic N) is 4. The monoisotopic (exact) mass is 314 g/mol. The second-order valence-electron chi connectivity index (χ2n) is 5.30. The Morgan fingerprint density at radius 1 is 0.917 bits per heavy atom. The van der Waals surface area contributed by atoms with Crippen molar-refractivity contribution in [1.82, 2.24) is 19.2 Å². The molecule has 0 bridgehead atoms. The van der Waals surface area contributed by atoms with Crippen LogP contribution in [-0.4, -0.2) is 19.2 Å². The molecule has 1 aromatic carbocycles. The van der Waals surface area contributed by atoms with Crippen LogP contribution < -0.4 is 5.56 Å². The highest BCUT2D eigenvalue weighted by atomic mass is 16.1. The van der Waals surface area contributed by atoms with Gasteiger partial charge in [-0.15, -0.1) is 0 Å². The molecule has 0 N–H and O–H groups in total. The van der Waals surface area contributed by atoms with E-state index >= 15 is 0 Å². The maximum atomic E-state index is 12.5. The van der Waals surface area contributed by atoms with Crippen LogP contribution in [0.1, 0.15) is 11.3 Å². The molecule has 0 fully saturated rings. The molecule has 3 aromatic heterocycles. The number of hydrogen-bond acceptors (Lipinski definition) is 3. The maximum Gasteiger partial charge on any atom is 0.273 e. The molecule has 24 heavy (non-hydrogen) atoms. The van der Waals surface area contributed by atoms with Crippen LogP contribution in [0.5, 0.6) is 0 Å². The largest absolute Gasteiger partial charge is 0.273 e. The molecule has 0 saturated carbocycles. The number of para-hydroxylation sites is 1. The lowest BCUT2D eigenvalue weighted by Gasteiger charge is -2.06. The third kappa shape index (κ3) is 2.63. The minimum absolute atomic E-state index is 0.122. The molecule has 116 valence electrons. The second kappa shape index (κ2) is 5.96. The minimum Gasteiger partial charge on any atom is -0.267 e. The number of pyridine rings is 1. The molecule has 0 spiro atoms. The second-order valence-corrected chi connectivity index (χ2v) is 5.30. The van der Waals surface area contributed by atoms with Gasteiger partial charge in [-0.3, -0.25) is 14.5 Å². The topological polar surface area (TPSA) is 52.2 Å². The lowest BCUT2D eigenvalue weighted by Crippen LogP contribution is -2.19. The fraction of sp³-hybridized carbons (Fsp3) is 0. The molecule has 0 aliphatic carbocycles. The highest BCUT2D eigenvalue weighted by Crippen LogP contribution is 2.10. The zero-order valence-electron chi connectivity index (χ0n) is 12.8. The average molecular weight is 314 g/mol. The molecule has 0 aliphatic rings. The van der Waals surface area contributed by atoms with Crippen molar-refractivity contribution in [2.45, 2.75) is 0 Å². The van der Waals surface area contributed by atoms with Crippen molar-refractivity contribution in [1.29, 1.82) is 0 Å². The summed E-state index contributed by atoms with van der Waals surface area (Å²) in [5.41, 5.74) is 3.04. The molecule has 0 atom stereocenters. The Morgan fingerprint density at radius 3 is 2.50 bits per heavy atom. The van der Waals surface area contributed by atoms with Gasteiger partial charge in [-0.25, -0.2) is 4.98 Å². The Bertz CT molecular complexity index is 1060. The first-order chi connectivity index (χ1) is 11.8. The van der Waals surface area contributed by atoms with Gasteiger partial charge in [0.05, 0.1) is 11.4 Å². The zero-order valence-corrected chi connectivity index (χ0v) is 12.8. The van der Waals surface area contributed by atoms with Gasteiger partial charge in [0, 0.05) is 30.7 Å². The molecule has 0 saturated heterocycles. The van der Waals surface area contributed by atoms with Crippen molar-refractivity contribution in [2.24, 2.45) is 0 Å². The van der Waals surface area contributed by atoms with Gasteiger partial charge in [0.15, 0.2) is 5.65 Å². The number of aromatic nitrogens is 4. The molecule has 5 nitrogen and oxygen atoms in total. The van der Waals surface area contributed by atoms with Gasteiger partial charge >= 0.3 is 0 Å². The standard InChI is InChI=1S/C19H14N4O/c24-19-14-16(7-6-15-8-11-20-12-9-15)21-18-10-13-22(23(18)19)17-4-2-1-3-5-17/h1-14H. The summed E-state index contributed by atoms with van der Waals surface area (Å²) in [6.45, 7) is 0. The van der Waals surface area contributed by atoms with E-state index < -0.39 is 0 Å². The molecule has 4 aromatic rings. The first kappa shape index (κ1) is 14.1. The van der Waals surface area contributed by atoms with E-state index in [9.17, 15) is 4.79 Å². The number of hydrogen-bond donors (Lipinski definition) is 0. The average Bonchev–Trinajstić information content (AvgIpc) is 3.06. The third-order valence-electron chi connectivity index (χ3n) is 3.69. The number of fused-ring (bicyclic) bond motifs is 1. The Morgan fingerprint density at radius 2 is 1.71 bits per heavy atom. The van der Waals surface area contributed by atoms with Crippen LogP contribution in [0.4, 0.5) is 0 Å². The smallest absolute Gasteiger partial charge is 0.267 e. The van der Waals surface area contributed by atoms with Crippen LogP contribution in [-0.2, 0) is 0 Å². The van der Waals surface area contributed by atoms with E-state index in [1.54, 1.807) is 21.6 Å². The first-order valence-electron chi connectivity index (χ1n) is 7.56. The lowest BCUT2D eigenvalue weighted by atomic mass is 10.2. The molecule has 0 amide bonds. The van der Waals surface area contributed by atoms with Gasteiger partial charge in [-0.05, 0) is 35.9 Å². The van der Waals surface area contributed by atoms with Crippen molar-refractivity contribution >= 4 is 17.8 Å². The summed E-state index contributed by atoms with van der Waals surface area (Å²) < 4.78 is 3.35. The van der Waals surface area contributed by atoms with E-state index in [2.05, 4.69) is 9.97 Å². The number of rotatable bonds is 3. The van der Waals surface area contributed by atoms with E-state index in [0.29, 0.717) is 11.3 Å². The molecule has 0 radical (unpaired) electrons. The summed E-state index contributed by atoms with van der Waals surface area (Å²) in [6, 6.07) is 16.9. The number of benzene rings is 1. The van der Waals surface area contributed by atoms with E-state index in [-0.39, 0.29) is 5.56 Å². The van der Waals surface area contributed by atoms with Crippen LogP contribution in [0.25, 0.3) is 23.5 Å². The highest BCUT2D eigenvalue weighted by molar-refractivity contribution is 5.68. The molecule has 4 rings (SSSR count). The first-order valence-corrected chi connectivity index (χ1v) is 7.56. The minimum atomic E-state index is -0.122. The van der Waals surface area contributed by atoms with E-state index in [4.69, 9.17) is 0 Å². The van der Waals surface area contributed by atoms with Crippen molar-refractivity contribution in [3.05, 3.63) is 94.8 Å². The van der Waals surface area contributed by atoms with Crippen LogP contribution in [0.3, 0.4) is 0 Å². The Hall–Kier alpha value is -3.47. The quantitative estimate of drug-likeness (QED) is 0.584. The summed E-state index contributed by atoms with van der Waals surface area (Å²) in [5, 5.41) is 0. The summed E-state index contributed by atoms with van der Waals surface area (Å²) in [7, 11) is 0. The SMILES string of the molecule is O=c1cc(C=Cc2ccncc2)nc2ccn(-c3ccccc3)n12. The van der Waals surface area contributed by atoms with Gasteiger partial charge in [0.1, 0.15) is 0 Å². The Kier molecular flexibility index (Phi) is 3.51. The van der Waals surface area contributed by atoms with Crippen LogP contribution >= 0.6 is 0 Å². The fourth-order valence-corrected chi connectivity index (χ4v) is 2.56. The van der Waals surface area contributed by atoms with Crippen LogP contribution in [0.15, 0.2) is 78.0 Å². The zero-order chi connectivity index (χ0) is 16.4. The summed E-state index contributed by atoms with van der Waals surface area (Å²) in [6.07, 6.45) is 9.04. The van der Waals surface area contributed by atoms with Crippen LogP contribution in [0, 0.1) is 0 Å². The molecule has 5 heteroatoms. The third-order valence-corrected chi connectivity index (χ3v) is 3.69. The normalized spacial score (nSPS) is 11.3. The van der Waals surface area contributed by atoms with Crippen LogP contribution in [0.2, 0.25) is 0 Å². The lowest BCUT2D eigenvalue weighted by molar-refractivity contribution is 0.763. The molecular formula is C19H14N4O. The van der Waals surface area contributed by atoms with E-state index in [1.165, 1.54) is 6.07 Å². The van der Waals surface area contributed by atoms with Gasteiger partial charge in [0.25, 0.3) is 5.56 Å². The summed E-state index contributed by atoms with van der Waals surface area (Å²) in [4.78, 5) is 21.0. The molecular weight excluding hydrogens is 300 g/mol. The highest BCUT2D eigenvalue weighted by Gasteiger charge is 2.06. The van der Waals surface area contributed by atoms with E-state index in [0.717, 1.165) is 11.3 Å². The van der Waals surface area contributed by atoms with Crippen molar-refractivity contribution in [3.8, 4) is 5.69 Å². The predicted octanol–water partition coefficient (Wildman–Crippen LogP) is 3.05. The summed E-state index contributed by atoms with van der Waals surface area (Å²) >= 11 is 0. The molecule has 3 heterocycles. The predicted molar refractivity (Wildman–Crippen MR) is 94.0 cm³/mol. The van der Waals surface area contributed by atoms with E-state index in [1.807, 2.05) is 66.9 Å². The van der Waals surface area contributed by atoms with Crippen molar-refractivity contribution in [3.63, 3.8) is 0 Å². The maximum absolute atomic E-state index is 12.5. The van der Waals surface area contributed by atoms with Gasteiger partial charge in [0.2, 0.25) is 0 Å². The van der Waals surface area contributed by atoms with Gasteiger partial charge in [-0.2, -0.15) is 4.52 Å². The van der Waals surface area contributed by atoms with Gasteiger partial charge < -0.3 is 0 Å². The molecule has 0 aliphatic heterocycles. The van der Waals surface area contributed by atoms with Crippen molar-refractivity contribution < 1.29 is 0 Å². The van der Waals surface area contributed by atoms with Gasteiger partial charge in [-0.1, -0.05) is 24.3 Å². The Balaban J connectivity index is 1.77. The fourth-order valence-electron chi connectivity index (χ4n) is 2.56. The van der Waals surface area contributed by atoms with Crippen molar-refractivity contribution in [2.75, 3.05) is 0 Å². The Labute approximate surface area is 138 Å². The molecule has 0 unspecified atom stereocenters. The summed E-state index contributed by atoms with van der Waals surface area (Å²) in [5.74, 6) is 0.